The third-order valence-corrected chi connectivity index (χ3v) is 8.78. The molecule has 2 aliphatic carbocycles. The van der Waals surface area contributed by atoms with Crippen LogP contribution in [0, 0.1) is 0 Å². The average Bonchev–Trinajstić information content (AvgIpc) is 2.96. The molecule has 2 aromatic rings. The first-order valence-corrected chi connectivity index (χ1v) is 15.3. The number of carboxylic acids is 1. The lowest BCUT2D eigenvalue weighted by Gasteiger charge is -2.42. The highest BCUT2D eigenvalue weighted by Crippen LogP contribution is 2.47. The normalized spacial score (nSPS) is 22.1. The van der Waals surface area contributed by atoms with Gasteiger partial charge in [0.25, 0.3) is 5.91 Å². The summed E-state index contributed by atoms with van der Waals surface area (Å²) in [5.74, 6) is -1.59. The van der Waals surface area contributed by atoms with Crippen LogP contribution in [-0.2, 0) is 25.2 Å². The number of carboxylic acid groups (broad SMARTS) is 1. The van der Waals surface area contributed by atoms with E-state index in [2.05, 4.69) is 94.6 Å². The number of aliphatic carboxylic acids is 1. The largest absolute Gasteiger partial charge is 0.480 e. The molecule has 0 atom stereocenters. The maximum atomic E-state index is 13.1. The van der Waals surface area contributed by atoms with Crippen molar-refractivity contribution in [3.63, 3.8) is 0 Å². The minimum atomic E-state index is -1.33. The van der Waals surface area contributed by atoms with Crippen LogP contribution < -0.4 is 10.6 Å². The fourth-order valence-electron chi connectivity index (χ4n) is 6.00. The van der Waals surface area contributed by atoms with Crippen molar-refractivity contribution in [2.45, 2.75) is 95.6 Å². The van der Waals surface area contributed by atoms with E-state index in [1.165, 1.54) is 35.1 Å². The Balaban J connectivity index is 1.53. The number of nitrogens with one attached hydrogen (secondary N) is 2. The maximum Gasteiger partial charge on any atom is 0.322 e. The minimum absolute atomic E-state index is 0.0304. The van der Waals surface area contributed by atoms with Crippen LogP contribution in [0.5, 0.6) is 0 Å². The molecule has 6 nitrogen and oxygen atoms in total. The van der Waals surface area contributed by atoms with Crippen molar-refractivity contribution >= 4 is 11.9 Å². The number of hydrogen-bond donors (Lipinski definition) is 3. The van der Waals surface area contributed by atoms with Crippen molar-refractivity contribution in [2.24, 2.45) is 0 Å². The molecule has 0 fully saturated rings. The lowest BCUT2D eigenvalue weighted by molar-refractivity contribution is -0.142. The van der Waals surface area contributed by atoms with Crippen LogP contribution in [0.3, 0.4) is 0 Å². The molecule has 3 N–H and O–H groups in total. The van der Waals surface area contributed by atoms with Gasteiger partial charge in [0.1, 0.15) is 6.54 Å². The van der Waals surface area contributed by atoms with Gasteiger partial charge in [0.05, 0.1) is 0 Å². The Morgan fingerprint density at radius 2 is 1.60 bits per heavy atom. The molecule has 2 aromatic carbocycles. The van der Waals surface area contributed by atoms with Gasteiger partial charge in [0, 0.05) is 18.6 Å². The summed E-state index contributed by atoms with van der Waals surface area (Å²) in [7, 11) is 0. The van der Waals surface area contributed by atoms with Crippen molar-refractivity contribution in [1.82, 2.24) is 10.6 Å². The van der Waals surface area contributed by atoms with E-state index in [0.29, 0.717) is 12.6 Å². The van der Waals surface area contributed by atoms with Crippen LogP contribution in [-0.4, -0.2) is 48.3 Å². The lowest BCUT2D eigenvalue weighted by atomic mass is 9.63. The first-order chi connectivity index (χ1) is 19.8. The zero-order valence-corrected chi connectivity index (χ0v) is 26.1. The highest BCUT2D eigenvalue weighted by atomic mass is 16.5. The first-order valence-electron chi connectivity index (χ1n) is 15.3. The van der Waals surface area contributed by atoms with Crippen molar-refractivity contribution in [2.75, 3.05) is 19.7 Å². The van der Waals surface area contributed by atoms with Crippen LogP contribution in [0.25, 0.3) is 11.1 Å². The molecule has 0 bridgehead atoms. The SMILES string of the molecule is CC(C)NCCCCOC1(C(=O)NCC(=O)O)C=CC(c2cccc(-c3ccc4c(c3)C(C)(C)CCC4(C)C)c2)C=C1. The van der Waals surface area contributed by atoms with E-state index in [9.17, 15) is 9.59 Å². The van der Waals surface area contributed by atoms with E-state index in [0.717, 1.165) is 24.9 Å². The Morgan fingerprint density at radius 3 is 2.26 bits per heavy atom. The topological polar surface area (TPSA) is 87.7 Å². The van der Waals surface area contributed by atoms with Crippen LogP contribution in [0.15, 0.2) is 66.8 Å². The van der Waals surface area contributed by atoms with Gasteiger partial charge in [-0.05, 0) is 83.0 Å². The quantitative estimate of drug-likeness (QED) is 0.196. The third-order valence-electron chi connectivity index (χ3n) is 8.78. The zero-order valence-electron chi connectivity index (χ0n) is 26.1. The Hall–Kier alpha value is -3.22. The highest BCUT2D eigenvalue weighted by molar-refractivity contribution is 5.92. The van der Waals surface area contributed by atoms with Crippen molar-refractivity contribution in [3.05, 3.63) is 83.5 Å². The van der Waals surface area contributed by atoms with Crippen molar-refractivity contribution in [3.8, 4) is 11.1 Å². The lowest BCUT2D eigenvalue weighted by Crippen LogP contribution is -2.48. The van der Waals surface area contributed by atoms with E-state index in [1.807, 2.05) is 12.2 Å². The number of unbranched alkanes of at least 4 members (excludes halogenated alkanes) is 1. The highest BCUT2D eigenvalue weighted by Gasteiger charge is 2.38. The Labute approximate surface area is 251 Å². The van der Waals surface area contributed by atoms with Crippen LogP contribution in [0.2, 0.25) is 0 Å². The van der Waals surface area contributed by atoms with E-state index < -0.39 is 24.0 Å². The summed E-state index contributed by atoms with van der Waals surface area (Å²) in [4.78, 5) is 24.2. The van der Waals surface area contributed by atoms with Gasteiger partial charge in [0.2, 0.25) is 0 Å². The molecule has 0 spiro atoms. The summed E-state index contributed by atoms with van der Waals surface area (Å²) in [5, 5.41) is 15.0. The number of carbonyl (C=O) groups is 2. The summed E-state index contributed by atoms with van der Waals surface area (Å²) in [6, 6.07) is 15.9. The number of allylic oxidation sites excluding steroid dienone is 2. The van der Waals surface area contributed by atoms with Crippen molar-refractivity contribution in [1.29, 1.82) is 0 Å². The van der Waals surface area contributed by atoms with Gasteiger partial charge in [-0.3, -0.25) is 9.59 Å². The summed E-state index contributed by atoms with van der Waals surface area (Å²) in [5.41, 5.74) is 5.38. The molecule has 4 rings (SSSR count). The molecule has 0 saturated heterocycles. The first kappa shape index (κ1) is 31.7. The molecule has 0 saturated carbocycles. The Kier molecular flexibility index (Phi) is 9.79. The summed E-state index contributed by atoms with van der Waals surface area (Å²) in [6.07, 6.45) is 11.6. The van der Waals surface area contributed by atoms with E-state index in [4.69, 9.17) is 9.84 Å². The van der Waals surface area contributed by atoms with Gasteiger partial charge in [-0.25, -0.2) is 0 Å². The molecule has 226 valence electrons. The fourth-order valence-corrected chi connectivity index (χ4v) is 6.00. The molecule has 0 unspecified atom stereocenters. The predicted octanol–water partition coefficient (Wildman–Crippen LogP) is 6.65. The molecule has 0 radical (unpaired) electrons. The van der Waals surface area contributed by atoms with Gasteiger partial charge in [0.15, 0.2) is 5.60 Å². The second kappa shape index (κ2) is 13.0. The van der Waals surface area contributed by atoms with Crippen LogP contribution >= 0.6 is 0 Å². The second-order valence-corrected chi connectivity index (χ2v) is 13.4. The molecular weight excluding hydrogens is 524 g/mol. The van der Waals surface area contributed by atoms with Gasteiger partial charge in [-0.15, -0.1) is 0 Å². The third kappa shape index (κ3) is 7.40. The number of rotatable bonds is 12. The zero-order chi connectivity index (χ0) is 30.5. The number of hydrogen-bond acceptors (Lipinski definition) is 4. The number of amides is 1. The number of ether oxygens (including phenoxy) is 1. The molecule has 0 heterocycles. The van der Waals surface area contributed by atoms with Crippen LogP contribution in [0.4, 0.5) is 0 Å². The monoisotopic (exact) mass is 572 g/mol. The standard InChI is InChI=1S/C36H48N2O4/c1-25(2)37-20-7-8-21-42-36(33(41)38-24-32(39)40)16-14-26(15-17-36)27-10-9-11-28(22-27)29-12-13-30-31(23-29)35(5,6)19-18-34(30,3)4/h9-17,22-23,25-26,37H,7-8,18-21,24H2,1-6H3,(H,38,41)(H,39,40). The van der Waals surface area contributed by atoms with E-state index >= 15 is 0 Å². The van der Waals surface area contributed by atoms with Crippen molar-refractivity contribution < 1.29 is 19.4 Å². The van der Waals surface area contributed by atoms with Gasteiger partial charge >= 0.3 is 5.97 Å². The Bertz CT molecular complexity index is 1320. The molecule has 0 aliphatic heterocycles. The van der Waals surface area contributed by atoms with Crippen LogP contribution in [0.1, 0.15) is 89.8 Å². The molecule has 6 heteroatoms. The maximum absolute atomic E-state index is 13.1. The van der Waals surface area contributed by atoms with E-state index in [1.54, 1.807) is 12.2 Å². The number of fused-ring (bicyclic) bond motifs is 1. The Morgan fingerprint density at radius 1 is 0.929 bits per heavy atom. The molecule has 0 aromatic heterocycles. The minimum Gasteiger partial charge on any atom is -0.480 e. The van der Waals surface area contributed by atoms with Gasteiger partial charge in [-0.2, -0.15) is 0 Å². The predicted molar refractivity (Wildman–Crippen MR) is 170 cm³/mol. The summed E-state index contributed by atoms with van der Waals surface area (Å²) < 4.78 is 6.13. The molecule has 42 heavy (non-hydrogen) atoms. The smallest absolute Gasteiger partial charge is 0.322 e. The summed E-state index contributed by atoms with van der Waals surface area (Å²) in [6.45, 7) is 14.4. The van der Waals surface area contributed by atoms with Gasteiger partial charge in [-0.1, -0.05) is 96.2 Å². The molecular formula is C36H48N2O4. The van der Waals surface area contributed by atoms with Gasteiger partial charge < -0.3 is 20.5 Å². The average molecular weight is 573 g/mol. The second-order valence-electron chi connectivity index (χ2n) is 13.4. The number of benzene rings is 2. The fraction of sp³-hybridized carbons (Fsp3) is 0.500. The molecule has 1 amide bonds. The summed E-state index contributed by atoms with van der Waals surface area (Å²) >= 11 is 0. The van der Waals surface area contributed by atoms with E-state index in [-0.39, 0.29) is 16.7 Å². The number of carbonyl (C=O) groups excluding carboxylic acids is 1. The molecule has 2 aliphatic rings.